The summed E-state index contributed by atoms with van der Waals surface area (Å²) in [7, 11) is 1.63. The summed E-state index contributed by atoms with van der Waals surface area (Å²) in [5.41, 5.74) is 6.99. The SMILES string of the molecule is COc1ccc(CNC(=O)CSc2nnc3c4cc(-c5ccc(C)c(C)c5)nn4ccn23)cc1. The molecule has 0 fully saturated rings. The molecule has 3 aromatic heterocycles. The molecule has 9 heteroatoms. The van der Waals surface area contributed by atoms with Crippen molar-refractivity contribution in [1.29, 1.82) is 0 Å². The molecule has 0 spiro atoms. The predicted molar refractivity (Wildman–Crippen MR) is 132 cm³/mol. The van der Waals surface area contributed by atoms with Crippen LogP contribution in [0.5, 0.6) is 5.75 Å². The van der Waals surface area contributed by atoms with Crippen molar-refractivity contribution in [3.8, 4) is 17.0 Å². The zero-order chi connectivity index (χ0) is 23.7. The summed E-state index contributed by atoms with van der Waals surface area (Å²) < 4.78 is 8.86. The highest BCUT2D eigenvalue weighted by atomic mass is 32.2. The van der Waals surface area contributed by atoms with Gasteiger partial charge < -0.3 is 10.1 Å². The highest BCUT2D eigenvalue weighted by Gasteiger charge is 2.14. The van der Waals surface area contributed by atoms with Crippen LogP contribution in [0.3, 0.4) is 0 Å². The van der Waals surface area contributed by atoms with Crippen molar-refractivity contribution in [3.05, 3.63) is 77.6 Å². The van der Waals surface area contributed by atoms with E-state index in [1.165, 1.54) is 22.9 Å². The molecule has 5 aromatic rings. The van der Waals surface area contributed by atoms with E-state index in [0.717, 1.165) is 28.1 Å². The molecule has 0 aliphatic carbocycles. The van der Waals surface area contributed by atoms with Crippen LogP contribution in [0.25, 0.3) is 22.4 Å². The van der Waals surface area contributed by atoms with Gasteiger partial charge in [-0.05, 0) is 54.8 Å². The molecule has 34 heavy (non-hydrogen) atoms. The number of nitrogens with zero attached hydrogens (tertiary/aromatic N) is 5. The number of nitrogens with one attached hydrogen (secondary N) is 1. The van der Waals surface area contributed by atoms with Gasteiger partial charge in [-0.2, -0.15) is 5.10 Å². The lowest BCUT2D eigenvalue weighted by atomic mass is 10.0. The zero-order valence-electron chi connectivity index (χ0n) is 19.1. The normalized spacial score (nSPS) is 11.3. The van der Waals surface area contributed by atoms with Crippen LogP contribution in [0.4, 0.5) is 0 Å². The lowest BCUT2D eigenvalue weighted by molar-refractivity contribution is -0.118. The van der Waals surface area contributed by atoms with Crippen LogP contribution in [0, 0.1) is 13.8 Å². The van der Waals surface area contributed by atoms with Gasteiger partial charge in [0.25, 0.3) is 0 Å². The van der Waals surface area contributed by atoms with E-state index in [1.54, 1.807) is 7.11 Å². The van der Waals surface area contributed by atoms with Gasteiger partial charge in [0.05, 0.1) is 18.6 Å². The fourth-order valence-electron chi connectivity index (χ4n) is 3.66. The first-order valence-corrected chi connectivity index (χ1v) is 11.8. The second-order valence-corrected chi connectivity index (χ2v) is 8.99. The van der Waals surface area contributed by atoms with Crippen LogP contribution in [-0.2, 0) is 11.3 Å². The van der Waals surface area contributed by atoms with Crippen LogP contribution in [0.1, 0.15) is 16.7 Å². The van der Waals surface area contributed by atoms with Crippen molar-refractivity contribution >= 4 is 28.8 Å². The first-order valence-electron chi connectivity index (χ1n) is 10.8. The summed E-state index contributed by atoms with van der Waals surface area (Å²) in [6.45, 7) is 4.66. The fourth-order valence-corrected chi connectivity index (χ4v) is 4.40. The van der Waals surface area contributed by atoms with Crippen LogP contribution < -0.4 is 10.1 Å². The Morgan fingerprint density at radius 3 is 2.62 bits per heavy atom. The molecule has 0 radical (unpaired) electrons. The van der Waals surface area contributed by atoms with Gasteiger partial charge in [-0.3, -0.25) is 9.20 Å². The molecular formula is C25H24N6O2S. The molecule has 0 aliphatic heterocycles. The number of carbonyl (C=O) groups excluding carboxylic acids is 1. The highest BCUT2D eigenvalue weighted by molar-refractivity contribution is 7.99. The maximum Gasteiger partial charge on any atom is 0.230 e. The Bertz CT molecular complexity index is 1490. The van der Waals surface area contributed by atoms with Crippen molar-refractivity contribution in [2.75, 3.05) is 12.9 Å². The molecule has 172 valence electrons. The van der Waals surface area contributed by atoms with Crippen LogP contribution >= 0.6 is 11.8 Å². The van der Waals surface area contributed by atoms with Crippen molar-refractivity contribution < 1.29 is 9.53 Å². The molecular weight excluding hydrogens is 448 g/mol. The summed E-state index contributed by atoms with van der Waals surface area (Å²) in [6.07, 6.45) is 3.75. The predicted octanol–water partition coefficient (Wildman–Crippen LogP) is 4.08. The second kappa shape index (κ2) is 9.18. The number of rotatable bonds is 7. The quantitative estimate of drug-likeness (QED) is 0.359. The summed E-state index contributed by atoms with van der Waals surface area (Å²) in [5.74, 6) is 0.965. The molecule has 0 unspecified atom stereocenters. The molecule has 5 rings (SSSR count). The average molecular weight is 473 g/mol. The lowest BCUT2D eigenvalue weighted by Crippen LogP contribution is -2.24. The number of methoxy groups -OCH3 is 1. The van der Waals surface area contributed by atoms with Gasteiger partial charge in [0, 0.05) is 24.5 Å². The minimum Gasteiger partial charge on any atom is -0.497 e. The maximum absolute atomic E-state index is 12.4. The van der Waals surface area contributed by atoms with E-state index in [9.17, 15) is 4.79 Å². The Labute approximate surface area is 201 Å². The van der Waals surface area contributed by atoms with Gasteiger partial charge in [0.1, 0.15) is 11.3 Å². The lowest BCUT2D eigenvalue weighted by Gasteiger charge is -2.06. The van der Waals surface area contributed by atoms with Crippen molar-refractivity contribution in [3.63, 3.8) is 0 Å². The van der Waals surface area contributed by atoms with Gasteiger partial charge in [0.2, 0.25) is 5.91 Å². The first-order chi connectivity index (χ1) is 16.5. The topological polar surface area (TPSA) is 85.8 Å². The number of amides is 1. The number of benzene rings is 2. The average Bonchev–Trinajstić information content (AvgIpc) is 3.47. The number of ether oxygens (including phenoxy) is 1. The first kappa shape index (κ1) is 22.0. The summed E-state index contributed by atoms with van der Waals surface area (Å²) >= 11 is 1.35. The minimum absolute atomic E-state index is 0.0694. The smallest absolute Gasteiger partial charge is 0.230 e. The highest BCUT2D eigenvalue weighted by Crippen LogP contribution is 2.25. The number of aryl methyl sites for hydroxylation is 2. The number of thioether (sulfide) groups is 1. The Kier molecular flexibility index (Phi) is 5.93. The maximum atomic E-state index is 12.4. The van der Waals surface area contributed by atoms with E-state index >= 15 is 0 Å². The molecule has 0 saturated carbocycles. The molecule has 2 aromatic carbocycles. The van der Waals surface area contributed by atoms with E-state index < -0.39 is 0 Å². The monoisotopic (exact) mass is 472 g/mol. The van der Waals surface area contributed by atoms with E-state index in [4.69, 9.17) is 9.84 Å². The number of fused-ring (bicyclic) bond motifs is 3. The van der Waals surface area contributed by atoms with Crippen molar-refractivity contribution in [2.24, 2.45) is 0 Å². The summed E-state index contributed by atoms with van der Waals surface area (Å²) in [4.78, 5) is 12.4. The number of hydrogen-bond acceptors (Lipinski definition) is 6. The molecule has 0 bridgehead atoms. The van der Waals surface area contributed by atoms with Crippen molar-refractivity contribution in [1.82, 2.24) is 29.5 Å². The molecule has 1 N–H and O–H groups in total. The molecule has 8 nitrogen and oxygen atoms in total. The van der Waals surface area contributed by atoms with Gasteiger partial charge in [0.15, 0.2) is 10.8 Å². The Morgan fingerprint density at radius 2 is 1.85 bits per heavy atom. The van der Waals surface area contributed by atoms with Crippen LogP contribution in [-0.4, -0.2) is 43.0 Å². The van der Waals surface area contributed by atoms with Crippen LogP contribution in [0.15, 0.2) is 66.1 Å². The Morgan fingerprint density at radius 1 is 1.03 bits per heavy atom. The van der Waals surface area contributed by atoms with Gasteiger partial charge in [-0.1, -0.05) is 36.0 Å². The Balaban J connectivity index is 1.29. The Hall–Kier alpha value is -3.85. The fraction of sp³-hybridized carbons (Fsp3) is 0.200. The molecule has 0 saturated heterocycles. The molecule has 1 amide bonds. The van der Waals surface area contributed by atoms with Gasteiger partial charge in [-0.15, -0.1) is 10.2 Å². The summed E-state index contributed by atoms with van der Waals surface area (Å²) in [5, 5.41) is 17.0. The number of hydrogen-bond donors (Lipinski definition) is 1. The second-order valence-electron chi connectivity index (χ2n) is 8.05. The van der Waals surface area contributed by atoms with E-state index in [0.29, 0.717) is 17.3 Å². The van der Waals surface area contributed by atoms with E-state index in [1.807, 2.05) is 51.6 Å². The largest absolute Gasteiger partial charge is 0.497 e. The molecule has 3 heterocycles. The molecule has 0 atom stereocenters. The van der Waals surface area contributed by atoms with Crippen LogP contribution in [0.2, 0.25) is 0 Å². The zero-order valence-corrected chi connectivity index (χ0v) is 20.0. The minimum atomic E-state index is -0.0694. The van der Waals surface area contributed by atoms with Gasteiger partial charge >= 0.3 is 0 Å². The van der Waals surface area contributed by atoms with E-state index in [-0.39, 0.29) is 11.7 Å². The van der Waals surface area contributed by atoms with Crippen molar-refractivity contribution in [2.45, 2.75) is 25.5 Å². The standard InChI is InChI=1S/C25H24N6O2S/c1-16-4-7-19(12-17(16)2)21-13-22-24-27-28-25(30(24)10-11-31(22)29-21)34-15-23(32)26-14-18-5-8-20(33-3)9-6-18/h4-13H,14-15H2,1-3H3,(H,26,32). The third-order valence-corrected chi connectivity index (χ3v) is 6.71. The molecule has 0 aliphatic rings. The summed E-state index contributed by atoms with van der Waals surface area (Å²) in [6, 6.07) is 16.0. The number of aromatic nitrogens is 5. The third kappa shape index (κ3) is 4.34. The number of carbonyl (C=O) groups is 1. The van der Waals surface area contributed by atoms with E-state index in [2.05, 4.69) is 47.6 Å². The van der Waals surface area contributed by atoms with Gasteiger partial charge in [-0.25, -0.2) is 4.52 Å². The third-order valence-electron chi connectivity index (χ3n) is 5.77.